The molecule has 0 radical (unpaired) electrons. The zero-order valence-electron chi connectivity index (χ0n) is 4.28. The van der Waals surface area contributed by atoms with Gasteiger partial charge >= 0.3 is 0 Å². The van der Waals surface area contributed by atoms with Gasteiger partial charge in [0.05, 0.1) is 5.33 Å². The molecule has 0 fully saturated rings. The molecule has 1 unspecified atom stereocenters. The van der Waals surface area contributed by atoms with Gasteiger partial charge in [0.25, 0.3) is 5.92 Å². The van der Waals surface area contributed by atoms with Gasteiger partial charge in [0.15, 0.2) is 0 Å². The highest BCUT2D eigenvalue weighted by atomic mass is 79.9. The molecule has 0 aliphatic heterocycles. The maximum absolute atomic E-state index is 12.2. The summed E-state index contributed by atoms with van der Waals surface area (Å²) in [6.07, 6.45) is 0.168. The largest absolute Gasteiger partial charge is 0.302 e. The summed E-state index contributed by atoms with van der Waals surface area (Å²) in [6.45, 7) is 0. The fraction of sp³-hybridized carbons (Fsp3) is 0.750. The molecule has 0 aromatic carbocycles. The van der Waals surface area contributed by atoms with Gasteiger partial charge in [-0.2, -0.15) is 0 Å². The van der Waals surface area contributed by atoms with Crippen molar-refractivity contribution in [3.8, 4) is 0 Å². The van der Waals surface area contributed by atoms with Crippen molar-refractivity contribution in [2.45, 2.75) is 10.7 Å². The molecule has 0 aromatic heterocycles. The van der Waals surface area contributed by atoms with Crippen LogP contribution in [0.4, 0.5) is 8.78 Å². The number of hydrogen-bond acceptors (Lipinski definition) is 1. The Labute approximate surface area is 68.1 Å². The summed E-state index contributed by atoms with van der Waals surface area (Å²) in [5, 5.41) is -0.505. The molecule has 0 aliphatic carbocycles. The van der Waals surface area contributed by atoms with E-state index in [1.165, 1.54) is 0 Å². The van der Waals surface area contributed by atoms with E-state index in [-0.39, 0.29) is 6.29 Å². The predicted molar refractivity (Wildman–Crippen MR) is 37.5 cm³/mol. The van der Waals surface area contributed by atoms with E-state index in [0.717, 1.165) is 0 Å². The van der Waals surface area contributed by atoms with Crippen molar-refractivity contribution in [1.82, 2.24) is 0 Å². The fourth-order valence-corrected chi connectivity index (χ4v) is 1.12. The van der Waals surface area contributed by atoms with Gasteiger partial charge in [-0.15, -0.1) is 0 Å². The van der Waals surface area contributed by atoms with Gasteiger partial charge in [-0.3, -0.25) is 0 Å². The van der Waals surface area contributed by atoms with E-state index < -0.39 is 16.1 Å². The zero-order valence-corrected chi connectivity index (χ0v) is 7.45. The lowest BCUT2D eigenvalue weighted by Gasteiger charge is -2.13. The molecule has 54 valence electrons. The molecule has 0 saturated carbocycles. The summed E-state index contributed by atoms with van der Waals surface area (Å²) in [6, 6.07) is 0. The van der Waals surface area contributed by atoms with E-state index in [1.54, 1.807) is 0 Å². The monoisotopic (exact) mass is 264 g/mol. The number of aldehydes is 1. The molecule has 1 nitrogen and oxygen atoms in total. The van der Waals surface area contributed by atoms with Crippen LogP contribution in [0.3, 0.4) is 0 Å². The average molecular weight is 266 g/mol. The molecule has 5 heteroatoms. The maximum atomic E-state index is 12.2. The Morgan fingerprint density at radius 3 is 2.22 bits per heavy atom. The molecule has 0 rings (SSSR count). The van der Waals surface area contributed by atoms with Crippen LogP contribution in [0.5, 0.6) is 0 Å². The standard InChI is InChI=1S/C4H4Br2F2O/c5-2-4(7,8)3(6)1-9/h1,3H,2H2. The first-order chi connectivity index (χ1) is 4.04. The minimum absolute atomic E-state index is 0.168. The van der Waals surface area contributed by atoms with E-state index in [2.05, 4.69) is 31.9 Å². The van der Waals surface area contributed by atoms with Crippen molar-refractivity contribution in [2.75, 3.05) is 5.33 Å². The van der Waals surface area contributed by atoms with E-state index in [9.17, 15) is 13.6 Å². The summed E-state index contributed by atoms with van der Waals surface area (Å²) in [5.74, 6) is -2.98. The fourth-order valence-electron chi connectivity index (χ4n) is 0.173. The summed E-state index contributed by atoms with van der Waals surface area (Å²) in [5.41, 5.74) is 0. The zero-order chi connectivity index (χ0) is 7.49. The molecule has 0 saturated heterocycles. The number of hydrogen-bond donors (Lipinski definition) is 0. The summed E-state index contributed by atoms with van der Waals surface area (Å²) in [7, 11) is 0. The summed E-state index contributed by atoms with van der Waals surface area (Å²) < 4.78 is 24.4. The van der Waals surface area contributed by atoms with Crippen LogP contribution < -0.4 is 0 Å². The maximum Gasteiger partial charge on any atom is 0.276 e. The highest BCUT2D eigenvalue weighted by molar-refractivity contribution is 9.10. The molecule has 0 N–H and O–H groups in total. The van der Waals surface area contributed by atoms with Crippen LogP contribution in [0, 0.1) is 0 Å². The average Bonchev–Trinajstić information content (AvgIpc) is 1.86. The molecule has 0 amide bonds. The van der Waals surface area contributed by atoms with Gasteiger partial charge in [-0.1, -0.05) is 31.9 Å². The molecule has 9 heavy (non-hydrogen) atoms. The van der Waals surface area contributed by atoms with Crippen LogP contribution in [0.2, 0.25) is 0 Å². The molecule has 0 heterocycles. The SMILES string of the molecule is O=CC(Br)C(F)(F)CBr. The van der Waals surface area contributed by atoms with E-state index in [0.29, 0.717) is 0 Å². The normalized spacial score (nSPS) is 15.1. The summed E-state index contributed by atoms with van der Waals surface area (Å²) >= 11 is 5.08. The van der Waals surface area contributed by atoms with Gasteiger partial charge in [-0.25, -0.2) is 8.78 Å². The van der Waals surface area contributed by atoms with Crippen molar-refractivity contribution in [2.24, 2.45) is 0 Å². The Kier molecular flexibility index (Phi) is 3.80. The number of carbonyl (C=O) groups is 1. The minimum Gasteiger partial charge on any atom is -0.302 e. The number of carbonyl (C=O) groups excluding carboxylic acids is 1. The van der Waals surface area contributed by atoms with Crippen LogP contribution in [0.15, 0.2) is 0 Å². The highest BCUT2D eigenvalue weighted by Gasteiger charge is 2.36. The van der Waals surface area contributed by atoms with Crippen LogP contribution in [-0.2, 0) is 4.79 Å². The minimum atomic E-state index is -2.98. The quantitative estimate of drug-likeness (QED) is 0.563. The van der Waals surface area contributed by atoms with Gasteiger partial charge in [0.2, 0.25) is 0 Å². The number of rotatable bonds is 3. The van der Waals surface area contributed by atoms with Crippen molar-refractivity contribution >= 4 is 38.1 Å². The third-order valence-electron chi connectivity index (χ3n) is 0.701. The van der Waals surface area contributed by atoms with Gasteiger partial charge in [0, 0.05) is 0 Å². The predicted octanol–water partition coefficient (Wildman–Crippen LogP) is 1.98. The lowest BCUT2D eigenvalue weighted by molar-refractivity contribution is -0.111. The van der Waals surface area contributed by atoms with Crippen LogP contribution in [0.1, 0.15) is 0 Å². The third kappa shape index (κ3) is 2.71. The molecular weight excluding hydrogens is 262 g/mol. The number of alkyl halides is 4. The Balaban J connectivity index is 3.95. The van der Waals surface area contributed by atoms with E-state index in [4.69, 9.17) is 0 Å². The van der Waals surface area contributed by atoms with Gasteiger partial charge in [0.1, 0.15) is 11.1 Å². The second-order valence-electron chi connectivity index (χ2n) is 1.43. The lowest BCUT2D eigenvalue weighted by atomic mass is 10.3. The van der Waals surface area contributed by atoms with Gasteiger partial charge in [-0.05, 0) is 0 Å². The van der Waals surface area contributed by atoms with Crippen molar-refractivity contribution < 1.29 is 13.6 Å². The Morgan fingerprint density at radius 2 is 2.11 bits per heavy atom. The first-order valence-electron chi connectivity index (χ1n) is 2.07. The van der Waals surface area contributed by atoms with E-state index in [1.807, 2.05) is 0 Å². The first-order valence-corrected chi connectivity index (χ1v) is 4.11. The van der Waals surface area contributed by atoms with Crippen LogP contribution in [0.25, 0.3) is 0 Å². The first kappa shape index (κ1) is 9.49. The molecule has 0 spiro atoms. The molecule has 0 bridgehead atoms. The smallest absolute Gasteiger partial charge is 0.276 e. The second-order valence-corrected chi connectivity index (χ2v) is 2.98. The highest BCUT2D eigenvalue weighted by Crippen LogP contribution is 2.25. The van der Waals surface area contributed by atoms with E-state index >= 15 is 0 Å². The number of halogens is 4. The van der Waals surface area contributed by atoms with Crippen molar-refractivity contribution in [3.63, 3.8) is 0 Å². The Bertz CT molecular complexity index is 107. The molecule has 0 aliphatic rings. The lowest BCUT2D eigenvalue weighted by Crippen LogP contribution is -2.31. The Hall–Kier alpha value is 0.490. The third-order valence-corrected chi connectivity index (χ3v) is 2.33. The topological polar surface area (TPSA) is 17.1 Å². The second kappa shape index (κ2) is 3.61. The molecular formula is C4H4Br2F2O. The van der Waals surface area contributed by atoms with Crippen molar-refractivity contribution in [3.05, 3.63) is 0 Å². The van der Waals surface area contributed by atoms with Crippen molar-refractivity contribution in [1.29, 1.82) is 0 Å². The van der Waals surface area contributed by atoms with Gasteiger partial charge < -0.3 is 4.79 Å². The Morgan fingerprint density at radius 1 is 1.67 bits per heavy atom. The summed E-state index contributed by atoms with van der Waals surface area (Å²) in [4.78, 5) is 8.38. The van der Waals surface area contributed by atoms with Crippen LogP contribution >= 0.6 is 31.9 Å². The van der Waals surface area contributed by atoms with Crippen LogP contribution in [-0.4, -0.2) is 22.4 Å². The molecule has 1 atom stereocenters. The molecule has 0 aromatic rings.